The monoisotopic (exact) mass is 1210 g/mol. The molecule has 6 heteroatoms. The number of amides is 1. The average molecular weight is 1210 g/mol. The van der Waals surface area contributed by atoms with Gasteiger partial charge in [0, 0.05) is 12.8 Å². The molecule has 1 amide bonds. The van der Waals surface area contributed by atoms with Crippen LogP contribution >= 0.6 is 0 Å². The molecule has 0 aliphatic carbocycles. The second-order valence-corrected chi connectivity index (χ2v) is 27.4. The van der Waals surface area contributed by atoms with Crippen molar-refractivity contribution in [2.45, 2.75) is 463 Å². The van der Waals surface area contributed by atoms with E-state index in [9.17, 15) is 19.8 Å². The Morgan fingerprint density at radius 2 is 0.581 bits per heavy atom. The number of aliphatic hydroxyl groups excluding tert-OH is 2. The number of esters is 1. The number of aliphatic hydroxyl groups is 2. The molecule has 0 aromatic rings. The number of allylic oxidation sites excluding steroid dienone is 4. The van der Waals surface area contributed by atoms with Crippen molar-refractivity contribution in [3.8, 4) is 0 Å². The first-order chi connectivity index (χ1) is 42.5. The van der Waals surface area contributed by atoms with Gasteiger partial charge in [0.1, 0.15) is 0 Å². The van der Waals surface area contributed by atoms with E-state index in [-0.39, 0.29) is 18.5 Å². The molecule has 0 spiro atoms. The Hall–Kier alpha value is -1.66. The first-order valence-corrected chi connectivity index (χ1v) is 39.6. The highest BCUT2D eigenvalue weighted by molar-refractivity contribution is 5.76. The van der Waals surface area contributed by atoms with Gasteiger partial charge in [-0.3, -0.25) is 9.59 Å². The van der Waals surface area contributed by atoms with Crippen LogP contribution in [-0.4, -0.2) is 47.4 Å². The highest BCUT2D eigenvalue weighted by Gasteiger charge is 2.20. The van der Waals surface area contributed by atoms with Crippen LogP contribution in [0.3, 0.4) is 0 Å². The maximum atomic E-state index is 12.6. The van der Waals surface area contributed by atoms with Gasteiger partial charge in [-0.2, -0.15) is 0 Å². The molecule has 510 valence electrons. The zero-order chi connectivity index (χ0) is 62.0. The highest BCUT2D eigenvalue weighted by atomic mass is 16.5. The summed E-state index contributed by atoms with van der Waals surface area (Å²) < 4.78 is 5.49. The van der Waals surface area contributed by atoms with Gasteiger partial charge in [-0.1, -0.05) is 404 Å². The molecule has 0 radical (unpaired) electrons. The molecule has 0 heterocycles. The smallest absolute Gasteiger partial charge is 0.305 e. The van der Waals surface area contributed by atoms with Crippen LogP contribution in [-0.2, 0) is 14.3 Å². The molecule has 0 saturated heterocycles. The molecule has 2 unspecified atom stereocenters. The maximum Gasteiger partial charge on any atom is 0.305 e. The lowest BCUT2D eigenvalue weighted by atomic mass is 10.0. The van der Waals surface area contributed by atoms with Gasteiger partial charge in [-0.25, -0.2) is 0 Å². The molecule has 2 atom stereocenters. The predicted octanol–water partition coefficient (Wildman–Crippen LogP) is 26.0. The summed E-state index contributed by atoms with van der Waals surface area (Å²) in [6, 6.07) is -0.542. The van der Waals surface area contributed by atoms with Crippen molar-refractivity contribution in [1.82, 2.24) is 5.32 Å². The van der Waals surface area contributed by atoms with Gasteiger partial charge < -0.3 is 20.3 Å². The summed E-state index contributed by atoms with van der Waals surface area (Å²) in [5, 5.41) is 23.5. The van der Waals surface area contributed by atoms with Crippen LogP contribution in [0.2, 0.25) is 0 Å². The summed E-state index contributed by atoms with van der Waals surface area (Å²) in [6.45, 7) is 5.00. The zero-order valence-electron chi connectivity index (χ0n) is 58.6. The number of unbranched alkanes of at least 4 members (excludes halogenated alkanes) is 60. The summed E-state index contributed by atoms with van der Waals surface area (Å²) in [6.07, 6.45) is 96.9. The Morgan fingerprint density at radius 3 is 0.884 bits per heavy atom. The zero-order valence-corrected chi connectivity index (χ0v) is 58.6. The van der Waals surface area contributed by atoms with Gasteiger partial charge in [0.25, 0.3) is 0 Å². The third-order valence-electron chi connectivity index (χ3n) is 18.8. The number of carbonyl (C=O) groups is 2. The van der Waals surface area contributed by atoms with Crippen molar-refractivity contribution < 1.29 is 24.5 Å². The predicted molar refractivity (Wildman–Crippen MR) is 380 cm³/mol. The molecular formula is C80H155NO5. The number of ether oxygens (including phenoxy) is 1. The number of hydrogen-bond donors (Lipinski definition) is 3. The molecule has 0 saturated carbocycles. The molecule has 0 fully saturated rings. The van der Waals surface area contributed by atoms with Crippen LogP contribution in [0.15, 0.2) is 24.3 Å². The summed E-state index contributed by atoms with van der Waals surface area (Å²) in [5.74, 6) is -0.0121. The third kappa shape index (κ3) is 71.4. The SMILES string of the molecule is CCCCCCCCCCCCCCCCCCCCCCCCCCC(O)C(CO)NC(=O)CCCCCCCCCCCCCCCCC/C=C\C/C=C\CCCCCCCCCCCOC(=O)CCCCCCCCCCCCCCCC. The van der Waals surface area contributed by atoms with Crippen molar-refractivity contribution >= 4 is 11.9 Å². The fraction of sp³-hybridized carbons (Fsp3) is 0.925. The minimum Gasteiger partial charge on any atom is -0.466 e. The summed E-state index contributed by atoms with van der Waals surface area (Å²) in [4.78, 5) is 24.6. The molecule has 0 aromatic carbocycles. The van der Waals surface area contributed by atoms with E-state index >= 15 is 0 Å². The van der Waals surface area contributed by atoms with Crippen molar-refractivity contribution in [2.75, 3.05) is 13.2 Å². The lowest BCUT2D eigenvalue weighted by Crippen LogP contribution is -2.45. The summed E-state index contributed by atoms with van der Waals surface area (Å²) in [5.41, 5.74) is 0. The Balaban J connectivity index is 3.38. The van der Waals surface area contributed by atoms with E-state index in [2.05, 4.69) is 43.5 Å². The molecule has 3 N–H and O–H groups in total. The van der Waals surface area contributed by atoms with E-state index in [0.717, 1.165) is 44.9 Å². The molecule has 0 aliphatic rings. The Kier molecular flexibility index (Phi) is 74.3. The topological polar surface area (TPSA) is 95.9 Å². The molecule has 0 aromatic heterocycles. The fourth-order valence-corrected chi connectivity index (χ4v) is 12.7. The summed E-state index contributed by atoms with van der Waals surface area (Å²) >= 11 is 0. The number of hydrogen-bond acceptors (Lipinski definition) is 5. The normalized spacial score (nSPS) is 12.6. The van der Waals surface area contributed by atoms with E-state index in [1.807, 2.05) is 0 Å². The molecule has 6 nitrogen and oxygen atoms in total. The quantitative estimate of drug-likeness (QED) is 0.0320. The van der Waals surface area contributed by atoms with Gasteiger partial charge in [0.2, 0.25) is 5.91 Å². The molecule has 0 aliphatic heterocycles. The minimum absolute atomic E-state index is 0.0165. The Bertz CT molecular complexity index is 1350. The van der Waals surface area contributed by atoms with Crippen molar-refractivity contribution in [3.05, 3.63) is 24.3 Å². The number of nitrogens with one attached hydrogen (secondary N) is 1. The molecule has 0 bridgehead atoms. The molecular weight excluding hydrogens is 1050 g/mol. The molecule has 0 rings (SSSR count). The second kappa shape index (κ2) is 75.8. The van der Waals surface area contributed by atoms with Crippen molar-refractivity contribution in [2.24, 2.45) is 0 Å². The van der Waals surface area contributed by atoms with Gasteiger partial charge in [0.15, 0.2) is 0 Å². The van der Waals surface area contributed by atoms with Crippen molar-refractivity contribution in [3.63, 3.8) is 0 Å². The first-order valence-electron chi connectivity index (χ1n) is 39.6. The minimum atomic E-state index is -0.665. The van der Waals surface area contributed by atoms with Crippen LogP contribution < -0.4 is 5.32 Å². The Morgan fingerprint density at radius 1 is 0.326 bits per heavy atom. The second-order valence-electron chi connectivity index (χ2n) is 27.4. The van der Waals surface area contributed by atoms with Crippen LogP contribution in [0, 0.1) is 0 Å². The van der Waals surface area contributed by atoms with Gasteiger partial charge in [-0.15, -0.1) is 0 Å². The highest BCUT2D eigenvalue weighted by Crippen LogP contribution is 2.20. The van der Waals surface area contributed by atoms with Crippen LogP contribution in [0.4, 0.5) is 0 Å². The van der Waals surface area contributed by atoms with E-state index in [1.165, 1.54) is 372 Å². The third-order valence-corrected chi connectivity index (χ3v) is 18.8. The lowest BCUT2D eigenvalue weighted by molar-refractivity contribution is -0.143. The van der Waals surface area contributed by atoms with E-state index in [1.54, 1.807) is 0 Å². The Labute approximate surface area is 539 Å². The fourth-order valence-electron chi connectivity index (χ4n) is 12.7. The van der Waals surface area contributed by atoms with Gasteiger partial charge >= 0.3 is 5.97 Å². The van der Waals surface area contributed by atoms with E-state index in [0.29, 0.717) is 25.9 Å². The summed E-state index contributed by atoms with van der Waals surface area (Å²) in [7, 11) is 0. The first kappa shape index (κ1) is 84.3. The number of carbonyl (C=O) groups excluding carboxylic acids is 2. The van der Waals surface area contributed by atoms with Crippen molar-refractivity contribution in [1.29, 1.82) is 0 Å². The number of rotatable bonds is 75. The van der Waals surface area contributed by atoms with Crippen LogP contribution in [0.25, 0.3) is 0 Å². The molecule has 86 heavy (non-hydrogen) atoms. The van der Waals surface area contributed by atoms with Gasteiger partial charge in [-0.05, 0) is 57.8 Å². The van der Waals surface area contributed by atoms with E-state index in [4.69, 9.17) is 4.74 Å². The average Bonchev–Trinajstić information content (AvgIpc) is 3.58. The van der Waals surface area contributed by atoms with Gasteiger partial charge in [0.05, 0.1) is 25.4 Å². The van der Waals surface area contributed by atoms with E-state index < -0.39 is 12.1 Å². The standard InChI is InChI=1S/C80H155NO5/c1-3-5-7-9-11-13-15-17-19-20-21-22-23-33-36-39-42-45-48-52-56-60-64-68-72-78(83)77(76-82)81-79(84)73-69-65-61-57-53-49-46-43-40-37-34-31-29-27-25-24-26-28-30-32-35-38-41-44-47-51-55-59-63-67-71-75-86-80(85)74-70-66-62-58-54-50-18-16-14-12-10-8-6-4-2/h26,28,32,35,77-78,82-83H,3-25,27,29-31,33-34,36-76H2,1-2H3,(H,81,84)/b28-26-,35-32-. The van der Waals surface area contributed by atoms with Crippen LogP contribution in [0.1, 0.15) is 450 Å². The lowest BCUT2D eigenvalue weighted by Gasteiger charge is -2.22. The maximum absolute atomic E-state index is 12.6. The van der Waals surface area contributed by atoms with Crippen LogP contribution in [0.5, 0.6) is 0 Å². The largest absolute Gasteiger partial charge is 0.466 e.